The van der Waals surface area contributed by atoms with E-state index in [2.05, 4.69) is 12.2 Å². The van der Waals surface area contributed by atoms with Gasteiger partial charge in [-0.15, -0.1) is 0 Å². The van der Waals surface area contributed by atoms with Crippen LogP contribution in [0.1, 0.15) is 60.3 Å². The van der Waals surface area contributed by atoms with E-state index in [1.54, 1.807) is 0 Å². The molecule has 2 fully saturated rings. The number of hydrogen-bond acceptors (Lipinski definition) is 2. The molecular formula is C16H28N2O2. The van der Waals surface area contributed by atoms with Crippen LogP contribution in [0, 0.1) is 11.3 Å². The molecule has 1 N–H and O–H groups in total. The molecule has 20 heavy (non-hydrogen) atoms. The van der Waals surface area contributed by atoms with E-state index in [1.807, 2.05) is 32.6 Å². The van der Waals surface area contributed by atoms with E-state index in [4.69, 9.17) is 0 Å². The van der Waals surface area contributed by atoms with Crippen molar-refractivity contribution < 1.29 is 9.59 Å². The Morgan fingerprint density at radius 3 is 2.30 bits per heavy atom. The molecule has 1 aliphatic heterocycles. The molecule has 0 bridgehead atoms. The Morgan fingerprint density at radius 1 is 1.30 bits per heavy atom. The second-order valence-electron chi connectivity index (χ2n) is 7.46. The molecule has 2 amide bonds. The molecule has 1 saturated carbocycles. The Balaban J connectivity index is 2.29. The van der Waals surface area contributed by atoms with Crippen LogP contribution in [0.2, 0.25) is 0 Å². The van der Waals surface area contributed by atoms with Crippen molar-refractivity contribution in [3.63, 3.8) is 0 Å². The molecule has 1 aliphatic carbocycles. The zero-order valence-corrected chi connectivity index (χ0v) is 13.5. The monoisotopic (exact) mass is 280 g/mol. The maximum Gasteiger partial charge on any atom is 0.248 e. The summed E-state index contributed by atoms with van der Waals surface area (Å²) in [4.78, 5) is 27.2. The van der Waals surface area contributed by atoms with Gasteiger partial charge in [-0.25, -0.2) is 0 Å². The summed E-state index contributed by atoms with van der Waals surface area (Å²) in [6, 6.07) is -0.320. The minimum Gasteiger partial charge on any atom is -0.340 e. The number of carbonyl (C=O) groups is 2. The number of rotatable bonds is 4. The third-order valence-electron chi connectivity index (χ3n) is 5.19. The van der Waals surface area contributed by atoms with Crippen molar-refractivity contribution in [2.75, 3.05) is 6.54 Å². The molecule has 1 heterocycles. The molecule has 0 aromatic carbocycles. The summed E-state index contributed by atoms with van der Waals surface area (Å²) >= 11 is 0. The third kappa shape index (κ3) is 2.45. The summed E-state index contributed by atoms with van der Waals surface area (Å²) < 4.78 is 0. The molecule has 2 unspecified atom stereocenters. The van der Waals surface area contributed by atoms with Gasteiger partial charge in [0.2, 0.25) is 11.8 Å². The molecule has 2 rings (SSSR count). The lowest BCUT2D eigenvalue weighted by molar-refractivity contribution is -0.159. The first-order valence-corrected chi connectivity index (χ1v) is 7.85. The van der Waals surface area contributed by atoms with Gasteiger partial charge in [0.15, 0.2) is 0 Å². The van der Waals surface area contributed by atoms with Gasteiger partial charge in [0.1, 0.15) is 11.6 Å². The summed E-state index contributed by atoms with van der Waals surface area (Å²) in [5.74, 6) is 0.238. The summed E-state index contributed by atoms with van der Waals surface area (Å²) in [6.45, 7) is 10.8. The fraction of sp³-hybridized carbons (Fsp3) is 0.875. The van der Waals surface area contributed by atoms with E-state index < -0.39 is 5.54 Å². The Kier molecular flexibility index (Phi) is 3.87. The highest BCUT2D eigenvalue weighted by Crippen LogP contribution is 2.42. The summed E-state index contributed by atoms with van der Waals surface area (Å²) in [5, 5.41) is 2.95. The fourth-order valence-corrected chi connectivity index (χ4v) is 3.41. The van der Waals surface area contributed by atoms with Crippen LogP contribution >= 0.6 is 0 Å². The lowest BCUT2D eigenvalue weighted by Gasteiger charge is -2.50. The van der Waals surface area contributed by atoms with Crippen LogP contribution in [0.3, 0.4) is 0 Å². The number of nitrogens with zero attached hydrogens (tertiary/aromatic N) is 1. The molecule has 0 spiro atoms. The Labute approximate surface area is 122 Å². The van der Waals surface area contributed by atoms with Crippen LogP contribution in [0.4, 0.5) is 0 Å². The van der Waals surface area contributed by atoms with E-state index in [1.165, 1.54) is 6.42 Å². The van der Waals surface area contributed by atoms with E-state index in [9.17, 15) is 9.59 Å². The average molecular weight is 280 g/mol. The summed E-state index contributed by atoms with van der Waals surface area (Å²) in [5.41, 5.74) is -0.530. The lowest BCUT2D eigenvalue weighted by atomic mass is 9.69. The zero-order chi connectivity index (χ0) is 15.1. The normalized spacial score (nSPS) is 33.1. The highest BCUT2D eigenvalue weighted by Gasteiger charge is 2.50. The Morgan fingerprint density at radius 2 is 1.90 bits per heavy atom. The first-order chi connectivity index (χ1) is 9.22. The fourth-order valence-electron chi connectivity index (χ4n) is 3.41. The van der Waals surface area contributed by atoms with Gasteiger partial charge in [0.25, 0.3) is 0 Å². The predicted molar refractivity (Wildman–Crippen MR) is 79.1 cm³/mol. The molecule has 2 aliphatic rings. The number of nitrogens with one attached hydrogen (secondary N) is 1. The van der Waals surface area contributed by atoms with Gasteiger partial charge in [0, 0.05) is 6.54 Å². The second-order valence-corrected chi connectivity index (χ2v) is 7.46. The largest absolute Gasteiger partial charge is 0.340 e. The molecule has 1 saturated heterocycles. The van der Waals surface area contributed by atoms with Gasteiger partial charge in [-0.3, -0.25) is 9.59 Å². The van der Waals surface area contributed by atoms with Gasteiger partial charge in [-0.2, -0.15) is 0 Å². The van der Waals surface area contributed by atoms with E-state index in [0.29, 0.717) is 6.42 Å². The van der Waals surface area contributed by atoms with Crippen LogP contribution in [-0.2, 0) is 9.59 Å². The molecule has 114 valence electrons. The molecule has 0 aromatic rings. The van der Waals surface area contributed by atoms with Crippen LogP contribution in [0.15, 0.2) is 0 Å². The SMILES string of the molecule is CCC1(C)NC(=O)C(C(C)C)N(CC2(C)CCC2)C1=O. The Hall–Kier alpha value is -1.06. The van der Waals surface area contributed by atoms with E-state index in [0.717, 1.165) is 19.4 Å². The molecular weight excluding hydrogens is 252 g/mol. The average Bonchev–Trinajstić information content (AvgIpc) is 2.33. The second kappa shape index (κ2) is 5.05. The number of carbonyl (C=O) groups excluding carboxylic acids is 2. The topological polar surface area (TPSA) is 49.4 Å². The van der Waals surface area contributed by atoms with Crippen molar-refractivity contribution in [1.82, 2.24) is 10.2 Å². The number of piperazine rings is 1. The summed E-state index contributed by atoms with van der Waals surface area (Å²) in [7, 11) is 0. The van der Waals surface area contributed by atoms with Gasteiger partial charge in [0.05, 0.1) is 0 Å². The minimum atomic E-state index is -0.734. The minimum absolute atomic E-state index is 0.00636. The molecule has 4 heteroatoms. The van der Waals surface area contributed by atoms with Crippen molar-refractivity contribution >= 4 is 11.8 Å². The maximum atomic E-state index is 12.9. The van der Waals surface area contributed by atoms with Crippen molar-refractivity contribution in [2.24, 2.45) is 11.3 Å². The quantitative estimate of drug-likeness (QED) is 0.859. The molecule has 0 aromatic heterocycles. The molecule has 2 atom stereocenters. The van der Waals surface area contributed by atoms with Crippen LogP contribution in [-0.4, -0.2) is 34.8 Å². The molecule has 0 radical (unpaired) electrons. The number of amides is 2. The van der Waals surface area contributed by atoms with Crippen molar-refractivity contribution in [3.8, 4) is 0 Å². The first kappa shape index (κ1) is 15.3. The van der Waals surface area contributed by atoms with Crippen molar-refractivity contribution in [1.29, 1.82) is 0 Å². The summed E-state index contributed by atoms with van der Waals surface area (Å²) in [6.07, 6.45) is 4.19. The van der Waals surface area contributed by atoms with Gasteiger partial charge < -0.3 is 10.2 Å². The Bertz CT molecular complexity index is 415. The van der Waals surface area contributed by atoms with Crippen LogP contribution in [0.25, 0.3) is 0 Å². The third-order valence-corrected chi connectivity index (χ3v) is 5.19. The van der Waals surface area contributed by atoms with E-state index >= 15 is 0 Å². The van der Waals surface area contributed by atoms with Gasteiger partial charge >= 0.3 is 0 Å². The van der Waals surface area contributed by atoms with Gasteiger partial charge in [-0.1, -0.05) is 34.1 Å². The molecule has 4 nitrogen and oxygen atoms in total. The number of hydrogen-bond donors (Lipinski definition) is 1. The predicted octanol–water partition coefficient (Wildman–Crippen LogP) is 2.33. The highest BCUT2D eigenvalue weighted by molar-refractivity contribution is 5.99. The van der Waals surface area contributed by atoms with Gasteiger partial charge in [-0.05, 0) is 37.5 Å². The van der Waals surface area contributed by atoms with Crippen LogP contribution in [0.5, 0.6) is 0 Å². The van der Waals surface area contributed by atoms with E-state index in [-0.39, 0.29) is 29.2 Å². The first-order valence-electron chi connectivity index (χ1n) is 7.85. The standard InChI is InChI=1S/C16H28N2O2/c1-6-16(5)14(20)18(10-15(4)8-7-9-15)12(11(2)3)13(19)17-16/h11-12H,6-10H2,1-5H3,(H,17,19). The van der Waals surface area contributed by atoms with Crippen molar-refractivity contribution in [2.45, 2.75) is 71.9 Å². The lowest BCUT2D eigenvalue weighted by Crippen LogP contribution is -2.71. The highest BCUT2D eigenvalue weighted by atomic mass is 16.2. The zero-order valence-electron chi connectivity index (χ0n) is 13.5. The smallest absolute Gasteiger partial charge is 0.248 e. The van der Waals surface area contributed by atoms with Crippen molar-refractivity contribution in [3.05, 3.63) is 0 Å². The van der Waals surface area contributed by atoms with Crippen LogP contribution < -0.4 is 5.32 Å². The maximum absolute atomic E-state index is 12.9.